The lowest BCUT2D eigenvalue weighted by Gasteiger charge is -2.26. The largest absolute Gasteiger partial charge is 0.370 e. The van der Waals surface area contributed by atoms with Crippen molar-refractivity contribution in [2.75, 3.05) is 17.3 Å². The number of anilines is 2. The first-order valence-corrected chi connectivity index (χ1v) is 7.60. The van der Waals surface area contributed by atoms with E-state index in [-0.39, 0.29) is 5.91 Å². The molecule has 1 aromatic carbocycles. The van der Waals surface area contributed by atoms with Gasteiger partial charge in [0, 0.05) is 20.1 Å². The molecule has 0 saturated carbocycles. The average molecular weight is 300 g/mol. The van der Waals surface area contributed by atoms with E-state index in [9.17, 15) is 4.79 Å². The van der Waals surface area contributed by atoms with Crippen LogP contribution in [-0.2, 0) is 13.5 Å². The van der Waals surface area contributed by atoms with E-state index >= 15 is 0 Å². The second-order valence-electron chi connectivity index (χ2n) is 5.67. The van der Waals surface area contributed by atoms with Crippen molar-refractivity contribution in [3.05, 3.63) is 41.7 Å². The van der Waals surface area contributed by atoms with Gasteiger partial charge in [-0.15, -0.1) is 0 Å². The van der Waals surface area contributed by atoms with Crippen LogP contribution in [0, 0.1) is 0 Å². The number of carbonyl (C=O) groups is 1. The van der Waals surface area contributed by atoms with Gasteiger partial charge >= 0.3 is 0 Å². The predicted octanol–water partition coefficient (Wildman–Crippen LogP) is 3.08. The normalized spacial score (nSPS) is 10.8. The SMILES string of the molecule is CCc1cc(C(=O)Nc2ccccc2N(C)C(C)C)n(C)n1. The molecule has 0 fully saturated rings. The second kappa shape index (κ2) is 6.64. The van der Waals surface area contributed by atoms with Gasteiger partial charge in [-0.3, -0.25) is 9.48 Å². The summed E-state index contributed by atoms with van der Waals surface area (Å²) < 4.78 is 1.63. The molecule has 0 spiro atoms. The van der Waals surface area contributed by atoms with E-state index in [0.29, 0.717) is 11.7 Å². The quantitative estimate of drug-likeness (QED) is 0.923. The van der Waals surface area contributed by atoms with Crippen molar-refractivity contribution in [3.63, 3.8) is 0 Å². The van der Waals surface area contributed by atoms with Crippen LogP contribution in [0.2, 0.25) is 0 Å². The smallest absolute Gasteiger partial charge is 0.273 e. The van der Waals surface area contributed by atoms with E-state index in [2.05, 4.69) is 29.2 Å². The molecule has 0 aliphatic rings. The molecule has 0 unspecified atom stereocenters. The molecule has 1 heterocycles. The second-order valence-corrected chi connectivity index (χ2v) is 5.67. The van der Waals surface area contributed by atoms with E-state index in [1.54, 1.807) is 11.7 Å². The first-order valence-electron chi connectivity index (χ1n) is 7.60. The fraction of sp³-hybridized carbons (Fsp3) is 0.412. The lowest BCUT2D eigenvalue weighted by atomic mass is 10.2. The van der Waals surface area contributed by atoms with Gasteiger partial charge in [-0.2, -0.15) is 5.10 Å². The van der Waals surface area contributed by atoms with Gasteiger partial charge in [0.15, 0.2) is 0 Å². The number of hydrogen-bond donors (Lipinski definition) is 1. The summed E-state index contributed by atoms with van der Waals surface area (Å²) in [6.07, 6.45) is 0.813. The van der Waals surface area contributed by atoms with Crippen molar-refractivity contribution >= 4 is 17.3 Å². The summed E-state index contributed by atoms with van der Waals surface area (Å²) >= 11 is 0. The first-order chi connectivity index (χ1) is 10.4. The molecule has 2 rings (SSSR count). The molecule has 22 heavy (non-hydrogen) atoms. The molecule has 0 atom stereocenters. The minimum absolute atomic E-state index is 0.140. The van der Waals surface area contributed by atoms with Crippen LogP contribution >= 0.6 is 0 Å². The van der Waals surface area contributed by atoms with Crippen LogP contribution < -0.4 is 10.2 Å². The molecule has 1 N–H and O–H groups in total. The molecule has 0 bridgehead atoms. The zero-order valence-electron chi connectivity index (χ0n) is 13.9. The maximum atomic E-state index is 12.5. The van der Waals surface area contributed by atoms with Crippen LogP contribution in [0.5, 0.6) is 0 Å². The van der Waals surface area contributed by atoms with Gasteiger partial charge < -0.3 is 10.2 Å². The summed E-state index contributed by atoms with van der Waals surface area (Å²) in [5.74, 6) is -0.140. The molecule has 5 nitrogen and oxygen atoms in total. The Morgan fingerprint density at radius 1 is 1.36 bits per heavy atom. The number of benzene rings is 1. The van der Waals surface area contributed by atoms with Crippen LogP contribution in [0.1, 0.15) is 37.0 Å². The molecule has 5 heteroatoms. The van der Waals surface area contributed by atoms with E-state index in [4.69, 9.17) is 0 Å². The molecule has 2 aromatic rings. The topological polar surface area (TPSA) is 50.2 Å². The zero-order valence-corrected chi connectivity index (χ0v) is 13.9. The van der Waals surface area contributed by atoms with E-state index in [1.807, 2.05) is 44.3 Å². The van der Waals surface area contributed by atoms with Gasteiger partial charge in [0.05, 0.1) is 17.1 Å². The van der Waals surface area contributed by atoms with Crippen LogP contribution in [0.4, 0.5) is 11.4 Å². The number of hydrogen-bond acceptors (Lipinski definition) is 3. The molecular formula is C17H24N4O. The highest BCUT2D eigenvalue weighted by atomic mass is 16.2. The molecule has 0 saturated heterocycles. The van der Waals surface area contributed by atoms with Crippen molar-refractivity contribution in [3.8, 4) is 0 Å². The van der Waals surface area contributed by atoms with Gasteiger partial charge in [0.25, 0.3) is 5.91 Å². The Labute approximate surface area is 131 Å². The number of carbonyl (C=O) groups excluding carboxylic acids is 1. The van der Waals surface area contributed by atoms with Crippen molar-refractivity contribution < 1.29 is 4.79 Å². The van der Waals surface area contributed by atoms with Gasteiger partial charge in [0.1, 0.15) is 5.69 Å². The Balaban J connectivity index is 2.27. The van der Waals surface area contributed by atoms with Gasteiger partial charge in [0.2, 0.25) is 0 Å². The minimum Gasteiger partial charge on any atom is -0.370 e. The number of rotatable bonds is 5. The number of para-hydroxylation sites is 2. The molecule has 118 valence electrons. The number of amides is 1. The molecule has 0 radical (unpaired) electrons. The summed E-state index contributed by atoms with van der Waals surface area (Å²) in [6.45, 7) is 6.26. The third kappa shape index (κ3) is 3.30. The van der Waals surface area contributed by atoms with Crippen LogP contribution in [0.25, 0.3) is 0 Å². The minimum atomic E-state index is -0.140. The molecular weight excluding hydrogens is 276 g/mol. The fourth-order valence-corrected chi connectivity index (χ4v) is 2.26. The summed E-state index contributed by atoms with van der Waals surface area (Å²) in [5, 5.41) is 7.32. The van der Waals surface area contributed by atoms with Gasteiger partial charge in [-0.25, -0.2) is 0 Å². The lowest BCUT2D eigenvalue weighted by molar-refractivity contribution is 0.101. The van der Waals surface area contributed by atoms with Crippen LogP contribution in [-0.4, -0.2) is 28.8 Å². The number of aromatic nitrogens is 2. The molecule has 1 aromatic heterocycles. The maximum Gasteiger partial charge on any atom is 0.273 e. The number of nitrogens with one attached hydrogen (secondary N) is 1. The standard InChI is InChI=1S/C17H24N4O/c1-6-13-11-16(21(5)19-13)17(22)18-14-9-7-8-10-15(14)20(4)12(2)3/h7-12H,6H2,1-5H3,(H,18,22). The summed E-state index contributed by atoms with van der Waals surface area (Å²) in [4.78, 5) is 14.7. The Morgan fingerprint density at radius 3 is 2.64 bits per heavy atom. The highest BCUT2D eigenvalue weighted by Gasteiger charge is 2.16. The Bertz CT molecular complexity index is 660. The maximum absolute atomic E-state index is 12.5. The zero-order chi connectivity index (χ0) is 16.3. The highest BCUT2D eigenvalue weighted by Crippen LogP contribution is 2.26. The highest BCUT2D eigenvalue weighted by molar-refractivity contribution is 6.05. The van der Waals surface area contributed by atoms with Crippen molar-refractivity contribution in [1.29, 1.82) is 0 Å². The average Bonchev–Trinajstić information content (AvgIpc) is 2.88. The van der Waals surface area contributed by atoms with Crippen molar-refractivity contribution in [1.82, 2.24) is 9.78 Å². The molecule has 0 aliphatic heterocycles. The monoisotopic (exact) mass is 300 g/mol. The van der Waals surface area contributed by atoms with E-state index in [1.165, 1.54) is 0 Å². The summed E-state index contributed by atoms with van der Waals surface area (Å²) in [6, 6.07) is 10.0. The van der Waals surface area contributed by atoms with Crippen LogP contribution in [0.15, 0.2) is 30.3 Å². The molecule has 1 amide bonds. The van der Waals surface area contributed by atoms with E-state index < -0.39 is 0 Å². The van der Waals surface area contributed by atoms with Crippen molar-refractivity contribution in [2.45, 2.75) is 33.2 Å². The third-order valence-corrected chi connectivity index (χ3v) is 3.83. The first kappa shape index (κ1) is 16.1. The lowest BCUT2D eigenvalue weighted by Crippen LogP contribution is -2.27. The predicted molar refractivity (Wildman–Crippen MR) is 90.5 cm³/mol. The summed E-state index contributed by atoms with van der Waals surface area (Å²) in [5.41, 5.74) is 3.30. The fourth-order valence-electron chi connectivity index (χ4n) is 2.26. The number of aryl methyl sites for hydroxylation is 2. The Hall–Kier alpha value is -2.30. The van der Waals surface area contributed by atoms with E-state index in [0.717, 1.165) is 23.5 Å². The molecule has 0 aliphatic carbocycles. The summed E-state index contributed by atoms with van der Waals surface area (Å²) in [7, 11) is 3.81. The van der Waals surface area contributed by atoms with Gasteiger partial charge in [-0.1, -0.05) is 19.1 Å². The van der Waals surface area contributed by atoms with Gasteiger partial charge in [-0.05, 0) is 38.5 Å². The third-order valence-electron chi connectivity index (χ3n) is 3.83. The number of nitrogens with zero attached hydrogens (tertiary/aromatic N) is 3. The van der Waals surface area contributed by atoms with Crippen LogP contribution in [0.3, 0.4) is 0 Å². The Kier molecular flexibility index (Phi) is 4.85. The van der Waals surface area contributed by atoms with Crippen molar-refractivity contribution in [2.24, 2.45) is 7.05 Å². The Morgan fingerprint density at radius 2 is 2.05 bits per heavy atom.